The fourth-order valence-corrected chi connectivity index (χ4v) is 1.05. The molecule has 70 valence electrons. The van der Waals surface area contributed by atoms with Gasteiger partial charge in [-0.05, 0) is 24.1 Å². The molecular weight excluding hydrogens is 167 g/mol. The minimum absolute atomic E-state index is 0.193. The van der Waals surface area contributed by atoms with Crippen molar-refractivity contribution in [2.75, 3.05) is 13.2 Å². The molecule has 0 unspecified atom stereocenters. The van der Waals surface area contributed by atoms with Gasteiger partial charge >= 0.3 is 0 Å². The fourth-order valence-electron chi connectivity index (χ4n) is 1.05. The Morgan fingerprint density at radius 1 is 1.46 bits per heavy atom. The predicted molar refractivity (Wildman–Crippen MR) is 51.1 cm³/mol. The molecule has 1 rings (SSSR count). The van der Waals surface area contributed by atoms with Gasteiger partial charge < -0.3 is 4.74 Å². The lowest BCUT2D eigenvalue weighted by molar-refractivity contribution is 0.166. The van der Waals surface area contributed by atoms with Gasteiger partial charge in [-0.15, -0.1) is 6.58 Å². The van der Waals surface area contributed by atoms with E-state index in [1.54, 1.807) is 12.1 Å². The topological polar surface area (TPSA) is 9.23 Å². The Balaban J connectivity index is 2.32. The summed E-state index contributed by atoms with van der Waals surface area (Å²) < 4.78 is 17.9. The van der Waals surface area contributed by atoms with E-state index in [0.29, 0.717) is 13.2 Å². The Kier molecular flexibility index (Phi) is 4.19. The van der Waals surface area contributed by atoms with Gasteiger partial charge in [-0.3, -0.25) is 0 Å². The number of hydrogen-bond acceptors (Lipinski definition) is 1. The van der Waals surface area contributed by atoms with Crippen molar-refractivity contribution in [1.82, 2.24) is 0 Å². The van der Waals surface area contributed by atoms with E-state index in [4.69, 9.17) is 4.74 Å². The first-order valence-corrected chi connectivity index (χ1v) is 4.26. The largest absolute Gasteiger partial charge is 0.377 e. The van der Waals surface area contributed by atoms with Crippen LogP contribution in [0.1, 0.15) is 5.56 Å². The highest BCUT2D eigenvalue weighted by Crippen LogP contribution is 2.04. The van der Waals surface area contributed by atoms with Crippen molar-refractivity contribution in [3.05, 3.63) is 48.3 Å². The highest BCUT2D eigenvalue weighted by atomic mass is 19.1. The molecule has 0 bridgehead atoms. The summed E-state index contributed by atoms with van der Waals surface area (Å²) in [5.74, 6) is -0.193. The van der Waals surface area contributed by atoms with E-state index >= 15 is 0 Å². The van der Waals surface area contributed by atoms with Gasteiger partial charge in [0.15, 0.2) is 0 Å². The van der Waals surface area contributed by atoms with Crippen LogP contribution < -0.4 is 0 Å². The lowest BCUT2D eigenvalue weighted by atomic mass is 10.2. The van der Waals surface area contributed by atoms with Crippen molar-refractivity contribution < 1.29 is 9.13 Å². The molecule has 0 aromatic heterocycles. The normalized spacial score (nSPS) is 9.92. The molecule has 1 aromatic carbocycles. The summed E-state index contributed by atoms with van der Waals surface area (Å²) in [6.45, 7) is 4.69. The van der Waals surface area contributed by atoms with Crippen molar-refractivity contribution in [2.24, 2.45) is 0 Å². The lowest BCUT2D eigenvalue weighted by Gasteiger charge is -2.01. The van der Waals surface area contributed by atoms with Crippen LogP contribution >= 0.6 is 0 Å². The van der Waals surface area contributed by atoms with Crippen LogP contribution in [0, 0.1) is 5.82 Å². The Morgan fingerprint density at radius 3 is 3.00 bits per heavy atom. The van der Waals surface area contributed by atoms with Crippen LogP contribution in [-0.2, 0) is 11.2 Å². The molecule has 0 amide bonds. The zero-order valence-electron chi connectivity index (χ0n) is 7.50. The second-order valence-electron chi connectivity index (χ2n) is 2.74. The summed E-state index contributed by atoms with van der Waals surface area (Å²) in [4.78, 5) is 0. The van der Waals surface area contributed by atoms with Crippen LogP contribution in [0.15, 0.2) is 36.9 Å². The highest BCUT2D eigenvalue weighted by Gasteiger charge is 1.94. The quantitative estimate of drug-likeness (QED) is 0.500. The van der Waals surface area contributed by atoms with Gasteiger partial charge in [0, 0.05) is 0 Å². The molecule has 1 nitrogen and oxygen atoms in total. The van der Waals surface area contributed by atoms with Gasteiger partial charge in [0.1, 0.15) is 5.82 Å². The number of benzene rings is 1. The van der Waals surface area contributed by atoms with Crippen molar-refractivity contribution in [3.63, 3.8) is 0 Å². The van der Waals surface area contributed by atoms with E-state index in [0.717, 1.165) is 12.0 Å². The lowest BCUT2D eigenvalue weighted by Crippen LogP contribution is -1.98. The second-order valence-corrected chi connectivity index (χ2v) is 2.74. The van der Waals surface area contributed by atoms with Gasteiger partial charge in [0.05, 0.1) is 13.2 Å². The van der Waals surface area contributed by atoms with Gasteiger partial charge in [-0.1, -0.05) is 18.2 Å². The smallest absolute Gasteiger partial charge is 0.123 e. The molecule has 1 aromatic rings. The van der Waals surface area contributed by atoms with E-state index in [1.165, 1.54) is 12.1 Å². The van der Waals surface area contributed by atoms with Gasteiger partial charge in [-0.2, -0.15) is 0 Å². The van der Waals surface area contributed by atoms with E-state index in [9.17, 15) is 4.39 Å². The van der Waals surface area contributed by atoms with Gasteiger partial charge in [0.25, 0.3) is 0 Å². The predicted octanol–water partition coefficient (Wildman–Crippen LogP) is 2.57. The molecule has 0 radical (unpaired) electrons. The SMILES string of the molecule is C=CCOCCc1cccc(F)c1. The monoisotopic (exact) mass is 180 g/mol. The van der Waals surface area contributed by atoms with Crippen molar-refractivity contribution >= 4 is 0 Å². The van der Waals surface area contributed by atoms with Crippen molar-refractivity contribution in [3.8, 4) is 0 Å². The third-order valence-electron chi connectivity index (χ3n) is 1.66. The molecule has 0 atom stereocenters. The third kappa shape index (κ3) is 3.85. The molecule has 0 saturated carbocycles. The number of rotatable bonds is 5. The molecule has 0 aliphatic rings. The summed E-state index contributed by atoms with van der Waals surface area (Å²) in [6.07, 6.45) is 2.44. The third-order valence-corrected chi connectivity index (χ3v) is 1.66. The fraction of sp³-hybridized carbons (Fsp3) is 0.273. The molecule has 0 aliphatic carbocycles. The summed E-state index contributed by atoms with van der Waals surface area (Å²) in [5.41, 5.74) is 0.962. The molecule has 0 aliphatic heterocycles. The molecule has 0 saturated heterocycles. The number of ether oxygens (including phenoxy) is 1. The molecule has 13 heavy (non-hydrogen) atoms. The summed E-state index contributed by atoms with van der Waals surface area (Å²) in [7, 11) is 0. The average Bonchev–Trinajstić information content (AvgIpc) is 2.13. The van der Waals surface area contributed by atoms with Gasteiger partial charge in [-0.25, -0.2) is 4.39 Å². The Morgan fingerprint density at radius 2 is 2.31 bits per heavy atom. The standard InChI is InChI=1S/C11H13FO/c1-2-7-13-8-6-10-4-3-5-11(12)9-10/h2-5,9H,1,6-8H2. The average molecular weight is 180 g/mol. The van der Waals surface area contributed by atoms with E-state index in [2.05, 4.69) is 6.58 Å². The number of halogens is 1. The zero-order valence-corrected chi connectivity index (χ0v) is 7.50. The highest BCUT2D eigenvalue weighted by molar-refractivity contribution is 5.16. The summed E-state index contributed by atoms with van der Waals surface area (Å²) in [6, 6.07) is 6.56. The van der Waals surface area contributed by atoms with Crippen LogP contribution in [0.25, 0.3) is 0 Å². The Hall–Kier alpha value is -1.15. The van der Waals surface area contributed by atoms with Crippen LogP contribution in [0.3, 0.4) is 0 Å². The molecule has 2 heteroatoms. The minimum atomic E-state index is -0.193. The molecule has 0 N–H and O–H groups in total. The first-order valence-electron chi connectivity index (χ1n) is 4.26. The maximum Gasteiger partial charge on any atom is 0.123 e. The first-order chi connectivity index (χ1) is 6.33. The molecular formula is C11H13FO. The minimum Gasteiger partial charge on any atom is -0.377 e. The maximum absolute atomic E-state index is 12.7. The van der Waals surface area contributed by atoms with Gasteiger partial charge in [0.2, 0.25) is 0 Å². The van der Waals surface area contributed by atoms with E-state index in [-0.39, 0.29) is 5.82 Å². The molecule has 0 fully saturated rings. The first kappa shape index (κ1) is 9.93. The van der Waals surface area contributed by atoms with Crippen molar-refractivity contribution in [1.29, 1.82) is 0 Å². The zero-order chi connectivity index (χ0) is 9.52. The Bertz CT molecular complexity index is 271. The summed E-state index contributed by atoms with van der Waals surface area (Å²) >= 11 is 0. The second kappa shape index (κ2) is 5.49. The Labute approximate surface area is 77.8 Å². The summed E-state index contributed by atoms with van der Waals surface area (Å²) in [5, 5.41) is 0. The van der Waals surface area contributed by atoms with E-state index < -0.39 is 0 Å². The molecule has 0 heterocycles. The van der Waals surface area contributed by atoms with Crippen molar-refractivity contribution in [2.45, 2.75) is 6.42 Å². The maximum atomic E-state index is 12.7. The van der Waals surface area contributed by atoms with E-state index in [1.807, 2.05) is 6.07 Å². The number of hydrogen-bond donors (Lipinski definition) is 0. The van der Waals surface area contributed by atoms with Crippen LogP contribution in [0.5, 0.6) is 0 Å². The van der Waals surface area contributed by atoms with Crippen LogP contribution in [-0.4, -0.2) is 13.2 Å². The molecule has 0 spiro atoms. The van der Waals surface area contributed by atoms with Crippen LogP contribution in [0.4, 0.5) is 4.39 Å². The van der Waals surface area contributed by atoms with Crippen LogP contribution in [0.2, 0.25) is 0 Å².